The van der Waals surface area contributed by atoms with Crippen molar-refractivity contribution in [2.45, 2.75) is 12.5 Å². The zero-order chi connectivity index (χ0) is 15.0. The van der Waals surface area contributed by atoms with Gasteiger partial charge in [0.15, 0.2) is 17.3 Å². The van der Waals surface area contributed by atoms with E-state index in [9.17, 15) is 15.0 Å². The van der Waals surface area contributed by atoms with Crippen molar-refractivity contribution in [2.24, 2.45) is 0 Å². The smallest absolute Gasteiger partial charge is 0.174 e. The highest BCUT2D eigenvalue weighted by atomic mass is 16.5. The van der Waals surface area contributed by atoms with Crippen molar-refractivity contribution >= 4 is 5.78 Å². The Labute approximate surface area is 121 Å². The van der Waals surface area contributed by atoms with Crippen LogP contribution >= 0.6 is 0 Å². The maximum absolute atomic E-state index is 12.2. The van der Waals surface area contributed by atoms with Crippen LogP contribution in [-0.2, 0) is 0 Å². The molecule has 2 aromatic rings. The molecule has 21 heavy (non-hydrogen) atoms. The van der Waals surface area contributed by atoms with Crippen LogP contribution < -0.4 is 9.47 Å². The van der Waals surface area contributed by atoms with E-state index in [1.165, 1.54) is 12.1 Å². The van der Waals surface area contributed by atoms with E-state index in [4.69, 9.17) is 9.47 Å². The summed E-state index contributed by atoms with van der Waals surface area (Å²) in [6.07, 6.45) is -0.309. The first-order valence-corrected chi connectivity index (χ1v) is 6.49. The molecule has 0 fully saturated rings. The van der Waals surface area contributed by atoms with Gasteiger partial charge in [-0.05, 0) is 29.8 Å². The summed E-state index contributed by atoms with van der Waals surface area (Å²) in [5.41, 5.74) is 0.891. The van der Waals surface area contributed by atoms with Gasteiger partial charge in [-0.2, -0.15) is 0 Å². The molecule has 0 aromatic heterocycles. The summed E-state index contributed by atoms with van der Waals surface area (Å²) >= 11 is 0. The van der Waals surface area contributed by atoms with Crippen LogP contribution in [0.15, 0.2) is 36.4 Å². The maximum Gasteiger partial charge on any atom is 0.174 e. The first-order valence-electron chi connectivity index (χ1n) is 6.49. The second kappa shape index (κ2) is 5.01. The van der Waals surface area contributed by atoms with Crippen molar-refractivity contribution < 1.29 is 24.5 Å². The molecule has 1 heterocycles. The Hall–Kier alpha value is -2.69. The number of ketones is 1. The number of methoxy groups -OCH3 is 1. The van der Waals surface area contributed by atoms with E-state index in [1.54, 1.807) is 19.2 Å². The molecule has 2 aromatic carbocycles. The molecule has 0 radical (unpaired) electrons. The van der Waals surface area contributed by atoms with Crippen LogP contribution in [0.3, 0.4) is 0 Å². The second-order valence-corrected chi connectivity index (χ2v) is 4.81. The summed E-state index contributed by atoms with van der Waals surface area (Å²) in [5.74, 6) is -0.00373. The lowest BCUT2D eigenvalue weighted by Gasteiger charge is -2.26. The van der Waals surface area contributed by atoms with Crippen LogP contribution in [0, 0.1) is 0 Å². The third kappa shape index (κ3) is 2.27. The van der Waals surface area contributed by atoms with E-state index >= 15 is 0 Å². The maximum atomic E-state index is 12.2. The van der Waals surface area contributed by atoms with Gasteiger partial charge in [0, 0.05) is 0 Å². The third-order valence-corrected chi connectivity index (χ3v) is 3.52. The van der Waals surface area contributed by atoms with Crippen LogP contribution in [-0.4, -0.2) is 23.1 Å². The van der Waals surface area contributed by atoms with Gasteiger partial charge in [-0.1, -0.05) is 12.1 Å². The minimum Gasteiger partial charge on any atom is -0.504 e. The second-order valence-electron chi connectivity index (χ2n) is 4.81. The lowest BCUT2D eigenvalue weighted by molar-refractivity contribution is 0.0844. The SMILES string of the molecule is COc1ccc(C2CC(=O)c3c(ccc(O)c3O)O2)cc1. The molecule has 0 amide bonds. The van der Waals surface area contributed by atoms with Crippen molar-refractivity contribution in [2.75, 3.05) is 7.11 Å². The van der Waals surface area contributed by atoms with E-state index in [0.717, 1.165) is 11.3 Å². The summed E-state index contributed by atoms with van der Waals surface area (Å²) in [7, 11) is 1.58. The molecule has 1 aliphatic heterocycles. The number of benzene rings is 2. The highest BCUT2D eigenvalue weighted by Gasteiger charge is 2.31. The number of phenolic OH excluding ortho intramolecular Hbond substituents is 2. The number of ether oxygens (including phenoxy) is 2. The lowest BCUT2D eigenvalue weighted by Crippen LogP contribution is -2.20. The molecule has 0 saturated heterocycles. The zero-order valence-corrected chi connectivity index (χ0v) is 11.4. The zero-order valence-electron chi connectivity index (χ0n) is 11.4. The van der Waals surface area contributed by atoms with Gasteiger partial charge in [-0.25, -0.2) is 0 Å². The fraction of sp³-hybridized carbons (Fsp3) is 0.188. The molecule has 0 aliphatic carbocycles. The summed E-state index contributed by atoms with van der Waals surface area (Å²) in [4.78, 5) is 12.2. The van der Waals surface area contributed by atoms with Crippen LogP contribution in [0.1, 0.15) is 28.4 Å². The number of phenols is 2. The van der Waals surface area contributed by atoms with Crippen molar-refractivity contribution in [3.05, 3.63) is 47.5 Å². The van der Waals surface area contributed by atoms with Gasteiger partial charge in [0.1, 0.15) is 23.2 Å². The highest BCUT2D eigenvalue weighted by molar-refractivity contribution is 6.03. The van der Waals surface area contributed by atoms with Crippen molar-refractivity contribution in [1.29, 1.82) is 0 Å². The standard InChI is InChI=1S/C16H14O5/c1-20-10-4-2-9(3-5-10)14-8-12(18)15-13(21-14)7-6-11(17)16(15)19/h2-7,14,17,19H,8H2,1H3. The number of Topliss-reactive ketones (excluding diaryl/α,β-unsaturated/α-hetero) is 1. The van der Waals surface area contributed by atoms with Crippen LogP contribution in [0.25, 0.3) is 0 Å². The monoisotopic (exact) mass is 286 g/mol. The molecule has 1 aliphatic rings. The van der Waals surface area contributed by atoms with Crippen molar-refractivity contribution in [1.82, 2.24) is 0 Å². The summed E-state index contributed by atoms with van der Waals surface area (Å²) < 4.78 is 10.9. The number of carbonyl (C=O) groups is 1. The first kappa shape index (κ1) is 13.3. The summed E-state index contributed by atoms with van der Waals surface area (Å²) in [6.45, 7) is 0. The molecule has 108 valence electrons. The van der Waals surface area contributed by atoms with Gasteiger partial charge < -0.3 is 19.7 Å². The van der Waals surface area contributed by atoms with E-state index in [0.29, 0.717) is 0 Å². The average Bonchev–Trinajstić information content (AvgIpc) is 2.50. The predicted molar refractivity (Wildman–Crippen MR) is 75.1 cm³/mol. The molecule has 3 rings (SSSR count). The molecule has 0 bridgehead atoms. The predicted octanol–water partition coefficient (Wildman–Crippen LogP) is 2.81. The summed E-state index contributed by atoms with van der Waals surface area (Å²) in [6, 6.07) is 10.1. The Morgan fingerprint density at radius 3 is 2.52 bits per heavy atom. The van der Waals surface area contributed by atoms with Gasteiger partial charge >= 0.3 is 0 Å². The summed E-state index contributed by atoms with van der Waals surface area (Å²) in [5, 5.41) is 19.2. The van der Waals surface area contributed by atoms with Crippen LogP contribution in [0.4, 0.5) is 0 Å². The largest absolute Gasteiger partial charge is 0.504 e. The number of rotatable bonds is 2. The first-order chi connectivity index (χ1) is 10.1. The number of fused-ring (bicyclic) bond motifs is 1. The van der Waals surface area contributed by atoms with Crippen LogP contribution in [0.5, 0.6) is 23.0 Å². The lowest BCUT2D eigenvalue weighted by atomic mass is 9.95. The van der Waals surface area contributed by atoms with Gasteiger partial charge in [0.05, 0.1) is 13.5 Å². The molecule has 5 nitrogen and oxygen atoms in total. The van der Waals surface area contributed by atoms with Crippen molar-refractivity contribution in [3.8, 4) is 23.0 Å². The van der Waals surface area contributed by atoms with E-state index in [1.807, 2.05) is 12.1 Å². The molecule has 0 saturated carbocycles. The fourth-order valence-electron chi connectivity index (χ4n) is 2.40. The van der Waals surface area contributed by atoms with Gasteiger partial charge in [0.25, 0.3) is 0 Å². The number of hydrogen-bond donors (Lipinski definition) is 2. The molecule has 5 heteroatoms. The van der Waals surface area contributed by atoms with E-state index in [-0.39, 0.29) is 29.3 Å². The van der Waals surface area contributed by atoms with Crippen molar-refractivity contribution in [3.63, 3.8) is 0 Å². The molecule has 1 atom stereocenters. The number of carbonyl (C=O) groups excluding carboxylic acids is 1. The van der Waals surface area contributed by atoms with Gasteiger partial charge in [-0.15, -0.1) is 0 Å². The van der Waals surface area contributed by atoms with E-state index in [2.05, 4.69) is 0 Å². The fourth-order valence-corrected chi connectivity index (χ4v) is 2.40. The minimum atomic E-state index is -0.425. The van der Waals surface area contributed by atoms with Gasteiger partial charge in [0.2, 0.25) is 0 Å². The Morgan fingerprint density at radius 1 is 1.14 bits per heavy atom. The normalized spacial score (nSPS) is 17.0. The Kier molecular flexibility index (Phi) is 3.17. The van der Waals surface area contributed by atoms with Gasteiger partial charge in [-0.3, -0.25) is 4.79 Å². The van der Waals surface area contributed by atoms with Crippen LogP contribution in [0.2, 0.25) is 0 Å². The Bertz CT molecular complexity index is 691. The number of aromatic hydroxyl groups is 2. The Morgan fingerprint density at radius 2 is 1.86 bits per heavy atom. The number of hydrogen-bond acceptors (Lipinski definition) is 5. The molecule has 0 spiro atoms. The quantitative estimate of drug-likeness (QED) is 0.830. The molecule has 1 unspecified atom stereocenters. The molecular formula is C16H14O5. The average molecular weight is 286 g/mol. The topological polar surface area (TPSA) is 76.0 Å². The molecular weight excluding hydrogens is 272 g/mol. The third-order valence-electron chi connectivity index (χ3n) is 3.52. The molecule has 2 N–H and O–H groups in total. The minimum absolute atomic E-state index is 0.0414. The highest BCUT2D eigenvalue weighted by Crippen LogP contribution is 2.42. The Balaban J connectivity index is 1.94. The van der Waals surface area contributed by atoms with E-state index < -0.39 is 11.9 Å².